The minimum Gasteiger partial charge on any atom is -0.387 e. The van der Waals surface area contributed by atoms with Crippen LogP contribution in [0.25, 0.3) is 0 Å². The van der Waals surface area contributed by atoms with Crippen LogP contribution in [-0.2, 0) is 13.0 Å². The fourth-order valence-electron chi connectivity index (χ4n) is 1.90. The summed E-state index contributed by atoms with van der Waals surface area (Å²) in [4.78, 5) is 12.8. The SMILES string of the molecule is [B]N1Cc2c(CC(C)(C)C)cnnc2C1=O. The van der Waals surface area contributed by atoms with E-state index in [-0.39, 0.29) is 11.3 Å². The summed E-state index contributed by atoms with van der Waals surface area (Å²) < 4.78 is 0. The van der Waals surface area contributed by atoms with Crippen molar-refractivity contribution in [3.05, 3.63) is 23.0 Å². The summed E-state index contributed by atoms with van der Waals surface area (Å²) >= 11 is 0. The predicted octanol–water partition coefficient (Wildman–Crippen LogP) is 1.10. The number of amides is 1. The van der Waals surface area contributed by atoms with Gasteiger partial charge in [-0.2, -0.15) is 5.10 Å². The Bertz CT molecular complexity index is 439. The molecule has 0 aromatic carbocycles. The first-order chi connectivity index (χ1) is 7.38. The quantitative estimate of drug-likeness (QED) is 0.659. The lowest BCUT2D eigenvalue weighted by molar-refractivity contribution is 0.0875. The number of carbonyl (C=O) groups excluding carboxylic acids is 1. The number of rotatable bonds is 1. The molecule has 0 saturated carbocycles. The number of aromatic nitrogens is 2. The minimum atomic E-state index is -0.238. The molecule has 82 valence electrons. The molecular weight excluding hydrogens is 201 g/mol. The lowest BCUT2D eigenvalue weighted by atomic mass is 9.87. The summed E-state index contributed by atoms with van der Waals surface area (Å²) in [5.74, 6) is -0.238. The third-order valence-electron chi connectivity index (χ3n) is 2.56. The van der Waals surface area contributed by atoms with Gasteiger partial charge in [0.05, 0.1) is 6.20 Å². The third kappa shape index (κ3) is 1.94. The van der Waals surface area contributed by atoms with Crippen LogP contribution in [-0.4, -0.2) is 28.9 Å². The monoisotopic (exact) mass is 215 g/mol. The first-order valence-corrected chi connectivity index (χ1v) is 5.28. The Kier molecular flexibility index (Phi) is 2.48. The maximum atomic E-state index is 11.6. The highest BCUT2D eigenvalue weighted by atomic mass is 16.2. The fourth-order valence-corrected chi connectivity index (χ4v) is 1.90. The van der Waals surface area contributed by atoms with Crippen LogP contribution in [0.5, 0.6) is 0 Å². The van der Waals surface area contributed by atoms with Gasteiger partial charge in [0, 0.05) is 12.1 Å². The lowest BCUT2D eigenvalue weighted by Crippen LogP contribution is -2.20. The maximum Gasteiger partial charge on any atom is 0.262 e. The second-order valence-electron chi connectivity index (χ2n) is 5.37. The summed E-state index contributed by atoms with van der Waals surface area (Å²) in [5.41, 5.74) is 2.56. The lowest BCUT2D eigenvalue weighted by Gasteiger charge is -2.19. The molecule has 2 heterocycles. The zero-order valence-corrected chi connectivity index (χ0v) is 9.82. The smallest absolute Gasteiger partial charge is 0.262 e. The van der Waals surface area contributed by atoms with Crippen LogP contribution in [0.2, 0.25) is 0 Å². The van der Waals surface area contributed by atoms with E-state index in [9.17, 15) is 4.79 Å². The van der Waals surface area contributed by atoms with Gasteiger partial charge in [-0.1, -0.05) is 20.8 Å². The average Bonchev–Trinajstić information content (AvgIpc) is 2.43. The van der Waals surface area contributed by atoms with E-state index >= 15 is 0 Å². The minimum absolute atomic E-state index is 0.155. The number of hydrogen-bond acceptors (Lipinski definition) is 3. The molecule has 16 heavy (non-hydrogen) atoms. The molecule has 0 bridgehead atoms. The topological polar surface area (TPSA) is 46.1 Å². The summed E-state index contributed by atoms with van der Waals surface area (Å²) in [6.07, 6.45) is 2.60. The Morgan fingerprint density at radius 3 is 2.81 bits per heavy atom. The van der Waals surface area contributed by atoms with Gasteiger partial charge in [-0.15, -0.1) is 5.10 Å². The molecule has 2 radical (unpaired) electrons. The molecule has 0 saturated heterocycles. The van der Waals surface area contributed by atoms with Crippen molar-refractivity contribution < 1.29 is 4.79 Å². The largest absolute Gasteiger partial charge is 0.387 e. The van der Waals surface area contributed by atoms with Crippen molar-refractivity contribution in [3.8, 4) is 0 Å². The van der Waals surface area contributed by atoms with Gasteiger partial charge in [0.25, 0.3) is 5.91 Å². The van der Waals surface area contributed by atoms with E-state index in [1.807, 2.05) is 0 Å². The fraction of sp³-hybridized carbons (Fsp3) is 0.545. The molecule has 1 aromatic rings. The Labute approximate surface area is 96.5 Å². The molecule has 2 rings (SSSR count). The summed E-state index contributed by atoms with van der Waals surface area (Å²) in [6, 6.07) is 0. The number of nitrogens with zero attached hydrogens (tertiary/aromatic N) is 3. The third-order valence-corrected chi connectivity index (χ3v) is 2.56. The van der Waals surface area contributed by atoms with E-state index < -0.39 is 0 Å². The summed E-state index contributed by atoms with van der Waals surface area (Å²) in [5, 5.41) is 7.73. The van der Waals surface area contributed by atoms with E-state index in [1.54, 1.807) is 6.20 Å². The van der Waals surface area contributed by atoms with Crippen molar-refractivity contribution in [2.24, 2.45) is 5.41 Å². The van der Waals surface area contributed by atoms with Gasteiger partial charge in [-0.05, 0) is 17.4 Å². The zero-order chi connectivity index (χ0) is 11.9. The van der Waals surface area contributed by atoms with Gasteiger partial charge >= 0.3 is 0 Å². The number of carbonyl (C=O) groups is 1. The van der Waals surface area contributed by atoms with Crippen molar-refractivity contribution in [1.82, 2.24) is 15.0 Å². The van der Waals surface area contributed by atoms with E-state index in [1.165, 1.54) is 4.81 Å². The summed E-state index contributed by atoms with van der Waals surface area (Å²) in [7, 11) is 5.58. The highest BCUT2D eigenvalue weighted by Gasteiger charge is 2.29. The molecule has 0 fully saturated rings. The van der Waals surface area contributed by atoms with Gasteiger partial charge in [0.15, 0.2) is 5.69 Å². The van der Waals surface area contributed by atoms with E-state index in [0.29, 0.717) is 12.2 Å². The molecule has 1 aliphatic heterocycles. The molecule has 4 nitrogen and oxygen atoms in total. The van der Waals surface area contributed by atoms with E-state index in [2.05, 4.69) is 31.0 Å². The Morgan fingerprint density at radius 2 is 2.19 bits per heavy atom. The van der Waals surface area contributed by atoms with Crippen molar-refractivity contribution in [2.45, 2.75) is 33.7 Å². The standard InChI is InChI=1S/C11H14BN3O/c1-11(2,3)4-7-5-13-14-9-8(7)6-15(12)10(9)16/h5H,4,6H2,1-3H3. The molecule has 0 spiro atoms. The number of fused-ring (bicyclic) bond motifs is 1. The van der Waals surface area contributed by atoms with Crippen molar-refractivity contribution >= 4 is 13.9 Å². The molecule has 0 aliphatic carbocycles. The van der Waals surface area contributed by atoms with E-state index in [0.717, 1.165) is 17.5 Å². The molecule has 1 aliphatic rings. The van der Waals surface area contributed by atoms with Gasteiger partial charge < -0.3 is 4.81 Å². The highest BCUT2D eigenvalue weighted by molar-refractivity contribution is 6.19. The Morgan fingerprint density at radius 1 is 1.50 bits per heavy atom. The van der Waals surface area contributed by atoms with Crippen LogP contribution in [0.4, 0.5) is 0 Å². The van der Waals surface area contributed by atoms with E-state index in [4.69, 9.17) is 7.98 Å². The molecule has 0 atom stereocenters. The average molecular weight is 215 g/mol. The Balaban J connectivity index is 2.40. The molecule has 0 N–H and O–H groups in total. The van der Waals surface area contributed by atoms with Crippen LogP contribution in [0.15, 0.2) is 6.20 Å². The van der Waals surface area contributed by atoms with Crippen molar-refractivity contribution in [1.29, 1.82) is 0 Å². The normalized spacial score (nSPS) is 15.4. The second kappa shape index (κ2) is 3.58. The van der Waals surface area contributed by atoms with Crippen LogP contribution in [0.1, 0.15) is 42.4 Å². The molecule has 5 heteroatoms. The molecular formula is C11H14BN3O. The van der Waals surface area contributed by atoms with Crippen molar-refractivity contribution in [3.63, 3.8) is 0 Å². The maximum absolute atomic E-state index is 11.6. The summed E-state index contributed by atoms with van der Waals surface area (Å²) in [6.45, 7) is 6.89. The van der Waals surface area contributed by atoms with Crippen molar-refractivity contribution in [2.75, 3.05) is 0 Å². The van der Waals surface area contributed by atoms with Gasteiger partial charge in [-0.3, -0.25) is 4.79 Å². The number of hydrogen-bond donors (Lipinski definition) is 0. The van der Waals surface area contributed by atoms with Crippen LogP contribution >= 0.6 is 0 Å². The highest BCUT2D eigenvalue weighted by Crippen LogP contribution is 2.27. The first-order valence-electron chi connectivity index (χ1n) is 5.28. The molecule has 0 unspecified atom stereocenters. The van der Waals surface area contributed by atoms with Gasteiger partial charge in [-0.25, -0.2) is 0 Å². The predicted molar refractivity (Wildman–Crippen MR) is 60.8 cm³/mol. The van der Waals surface area contributed by atoms with Crippen LogP contribution in [0.3, 0.4) is 0 Å². The van der Waals surface area contributed by atoms with Crippen LogP contribution < -0.4 is 0 Å². The van der Waals surface area contributed by atoms with Gasteiger partial charge in [0.2, 0.25) is 7.98 Å². The zero-order valence-electron chi connectivity index (χ0n) is 9.82. The second-order valence-corrected chi connectivity index (χ2v) is 5.37. The molecule has 1 aromatic heterocycles. The first kappa shape index (κ1) is 11.1. The Hall–Kier alpha value is -1.39. The van der Waals surface area contributed by atoms with Gasteiger partial charge in [0.1, 0.15) is 0 Å². The molecule has 1 amide bonds. The van der Waals surface area contributed by atoms with Crippen LogP contribution in [0, 0.1) is 5.41 Å².